The van der Waals surface area contributed by atoms with Crippen molar-refractivity contribution in [2.24, 2.45) is 5.73 Å². The van der Waals surface area contributed by atoms with Gasteiger partial charge < -0.3 is 29.4 Å². The number of allylic oxidation sites excluding steroid dienone is 1. The second-order valence-electron chi connectivity index (χ2n) is 7.38. The first-order chi connectivity index (χ1) is 16.6. The molecule has 0 radical (unpaired) electrons. The lowest BCUT2D eigenvalue weighted by Gasteiger charge is -2.25. The van der Waals surface area contributed by atoms with Crippen LogP contribution in [0.5, 0.6) is 28.9 Å². The van der Waals surface area contributed by atoms with Crippen molar-refractivity contribution in [2.45, 2.75) is 19.8 Å². The molecule has 0 spiro atoms. The van der Waals surface area contributed by atoms with Crippen LogP contribution in [-0.4, -0.2) is 37.6 Å². The van der Waals surface area contributed by atoms with Crippen LogP contribution in [0.3, 0.4) is 0 Å². The van der Waals surface area contributed by atoms with E-state index in [1.165, 1.54) is 0 Å². The van der Waals surface area contributed by atoms with Crippen LogP contribution in [0, 0.1) is 11.3 Å². The molecular formula is C25H26N4O5. The summed E-state index contributed by atoms with van der Waals surface area (Å²) in [5, 5.41) is 17.4. The van der Waals surface area contributed by atoms with E-state index in [4.69, 9.17) is 29.4 Å². The molecule has 176 valence electrons. The van der Waals surface area contributed by atoms with Gasteiger partial charge in [-0.3, -0.25) is 5.10 Å². The molecule has 34 heavy (non-hydrogen) atoms. The molecule has 2 aromatic carbocycles. The first-order valence-electron chi connectivity index (χ1n) is 10.8. The number of rotatable bonds is 8. The molecule has 0 aliphatic carbocycles. The van der Waals surface area contributed by atoms with Crippen LogP contribution in [0.1, 0.15) is 30.9 Å². The lowest BCUT2D eigenvalue weighted by atomic mass is 9.82. The number of hydrogen-bond acceptors (Lipinski definition) is 8. The van der Waals surface area contributed by atoms with E-state index in [1.807, 2.05) is 44.2 Å². The zero-order valence-corrected chi connectivity index (χ0v) is 19.5. The molecule has 1 aromatic heterocycles. The van der Waals surface area contributed by atoms with Crippen LogP contribution in [0.4, 0.5) is 0 Å². The number of nitrogens with one attached hydrogen (secondary N) is 1. The Morgan fingerprint density at radius 2 is 1.79 bits per heavy atom. The fourth-order valence-electron chi connectivity index (χ4n) is 4.06. The fraction of sp³-hybridized carbons (Fsp3) is 0.280. The normalized spacial score (nSPS) is 14.6. The lowest BCUT2D eigenvalue weighted by molar-refractivity contribution is 0.324. The number of aromatic amines is 1. The second kappa shape index (κ2) is 9.67. The van der Waals surface area contributed by atoms with Gasteiger partial charge in [0.25, 0.3) is 0 Å². The lowest BCUT2D eigenvalue weighted by Crippen LogP contribution is -2.21. The third-order valence-electron chi connectivity index (χ3n) is 5.51. The summed E-state index contributed by atoms with van der Waals surface area (Å²) in [6, 6.07) is 13.3. The smallest absolute Gasteiger partial charge is 0.244 e. The van der Waals surface area contributed by atoms with E-state index in [2.05, 4.69) is 16.3 Å². The summed E-state index contributed by atoms with van der Waals surface area (Å²) in [6.45, 7) is 4.83. The molecule has 0 fully saturated rings. The highest BCUT2D eigenvalue weighted by molar-refractivity contribution is 5.76. The van der Waals surface area contributed by atoms with Crippen molar-refractivity contribution in [3.8, 4) is 46.2 Å². The summed E-state index contributed by atoms with van der Waals surface area (Å²) in [7, 11) is 3.13. The maximum absolute atomic E-state index is 9.98. The molecule has 3 aromatic rings. The summed E-state index contributed by atoms with van der Waals surface area (Å²) in [6.07, 6.45) is 0. The highest BCUT2D eigenvalue weighted by Crippen LogP contribution is 2.48. The van der Waals surface area contributed by atoms with Gasteiger partial charge in [0.1, 0.15) is 23.1 Å². The van der Waals surface area contributed by atoms with Crippen molar-refractivity contribution in [1.29, 1.82) is 5.26 Å². The monoisotopic (exact) mass is 462 g/mol. The van der Waals surface area contributed by atoms with Gasteiger partial charge in [0.15, 0.2) is 11.5 Å². The fourth-order valence-corrected chi connectivity index (χ4v) is 4.06. The van der Waals surface area contributed by atoms with Gasteiger partial charge in [-0.1, -0.05) is 6.07 Å². The van der Waals surface area contributed by atoms with Crippen molar-refractivity contribution in [3.63, 3.8) is 0 Å². The molecular weight excluding hydrogens is 436 g/mol. The SMILES string of the molecule is CCOc1ccc(-c2[nH]nc3c2[C@H](c2ccc(OC)c(OC)c2)C(C#N)=C(N)O3)c(OCC)c1. The molecule has 0 unspecified atom stereocenters. The molecule has 1 aliphatic rings. The van der Waals surface area contributed by atoms with Gasteiger partial charge in [-0.15, -0.1) is 5.10 Å². The number of methoxy groups -OCH3 is 2. The van der Waals surface area contributed by atoms with Gasteiger partial charge in [-0.05, 0) is 43.7 Å². The Balaban J connectivity index is 1.92. The van der Waals surface area contributed by atoms with Gasteiger partial charge in [0.05, 0.1) is 44.6 Å². The minimum absolute atomic E-state index is 0.00422. The van der Waals surface area contributed by atoms with E-state index in [-0.39, 0.29) is 11.5 Å². The maximum Gasteiger partial charge on any atom is 0.244 e. The zero-order chi connectivity index (χ0) is 24.2. The van der Waals surface area contributed by atoms with Gasteiger partial charge in [0.2, 0.25) is 11.8 Å². The van der Waals surface area contributed by atoms with Gasteiger partial charge in [-0.25, -0.2) is 0 Å². The van der Waals surface area contributed by atoms with Crippen LogP contribution in [0.2, 0.25) is 0 Å². The predicted octanol–water partition coefficient (Wildman–Crippen LogP) is 4.11. The minimum Gasteiger partial charge on any atom is -0.494 e. The predicted molar refractivity (Wildman–Crippen MR) is 125 cm³/mol. The molecule has 3 N–H and O–H groups in total. The summed E-state index contributed by atoms with van der Waals surface area (Å²) < 4.78 is 28.1. The quantitative estimate of drug-likeness (QED) is 0.512. The number of nitriles is 1. The Morgan fingerprint density at radius 1 is 1.03 bits per heavy atom. The molecule has 1 aliphatic heterocycles. The van der Waals surface area contributed by atoms with Crippen LogP contribution >= 0.6 is 0 Å². The maximum atomic E-state index is 9.98. The summed E-state index contributed by atoms with van der Waals surface area (Å²) in [5.74, 6) is 2.16. The standard InChI is InChI=1S/C25H26N4O5/c1-5-32-15-8-9-16(19(12-15)33-6-2)23-22-21(14-7-10-18(30-3)20(11-14)31-4)17(13-26)24(27)34-25(22)29-28-23/h7-12,21H,5-6,27H2,1-4H3,(H,28,29)/t21-/m1/s1. The number of benzene rings is 2. The van der Waals surface area contributed by atoms with Crippen LogP contribution in [0.15, 0.2) is 47.9 Å². The van der Waals surface area contributed by atoms with Gasteiger partial charge >= 0.3 is 0 Å². The zero-order valence-electron chi connectivity index (χ0n) is 19.5. The molecule has 4 rings (SSSR count). The largest absolute Gasteiger partial charge is 0.494 e. The highest BCUT2D eigenvalue weighted by atomic mass is 16.5. The highest BCUT2D eigenvalue weighted by Gasteiger charge is 2.36. The Labute approximate surface area is 197 Å². The summed E-state index contributed by atoms with van der Waals surface area (Å²) in [4.78, 5) is 0. The van der Waals surface area contributed by atoms with Crippen molar-refractivity contribution in [2.75, 3.05) is 27.4 Å². The average Bonchev–Trinajstić information content (AvgIpc) is 3.26. The average molecular weight is 463 g/mol. The van der Waals surface area contributed by atoms with Crippen molar-refractivity contribution in [3.05, 3.63) is 59.0 Å². The Bertz CT molecular complexity index is 1270. The van der Waals surface area contributed by atoms with Crippen LogP contribution in [-0.2, 0) is 0 Å². The number of nitrogens with two attached hydrogens (primary N) is 1. The summed E-state index contributed by atoms with van der Waals surface area (Å²) >= 11 is 0. The Morgan fingerprint density at radius 3 is 2.47 bits per heavy atom. The number of ether oxygens (including phenoxy) is 5. The van der Waals surface area contributed by atoms with E-state index in [0.717, 1.165) is 11.1 Å². The first-order valence-corrected chi connectivity index (χ1v) is 10.8. The molecule has 2 heterocycles. The number of nitrogens with zero attached hydrogens (tertiary/aromatic N) is 2. The van der Waals surface area contributed by atoms with Crippen molar-refractivity contribution in [1.82, 2.24) is 10.2 Å². The molecule has 0 saturated heterocycles. The van der Waals surface area contributed by atoms with Crippen molar-refractivity contribution >= 4 is 0 Å². The number of fused-ring (bicyclic) bond motifs is 1. The van der Waals surface area contributed by atoms with Crippen molar-refractivity contribution < 1.29 is 23.7 Å². The minimum atomic E-state index is -0.552. The first kappa shape index (κ1) is 22.9. The second-order valence-corrected chi connectivity index (χ2v) is 7.38. The molecule has 9 nitrogen and oxygen atoms in total. The summed E-state index contributed by atoms with van der Waals surface area (Å²) in [5.41, 5.74) is 9.24. The Kier molecular flexibility index (Phi) is 6.50. The van der Waals surface area contributed by atoms with E-state index >= 15 is 0 Å². The van der Waals surface area contributed by atoms with Crippen LogP contribution in [0.25, 0.3) is 11.3 Å². The molecule has 0 bridgehead atoms. The Hall–Kier alpha value is -4.32. The van der Waals surface area contributed by atoms with Gasteiger partial charge in [0, 0.05) is 11.6 Å². The van der Waals surface area contributed by atoms with Crippen LogP contribution < -0.4 is 29.4 Å². The number of hydrogen-bond donors (Lipinski definition) is 2. The molecule has 1 atom stereocenters. The van der Waals surface area contributed by atoms with E-state index in [0.29, 0.717) is 53.3 Å². The van der Waals surface area contributed by atoms with Gasteiger partial charge in [-0.2, -0.15) is 5.26 Å². The van der Waals surface area contributed by atoms with E-state index < -0.39 is 5.92 Å². The molecule has 0 amide bonds. The number of H-pyrrole nitrogens is 1. The van der Waals surface area contributed by atoms with E-state index in [9.17, 15) is 5.26 Å². The molecule has 0 saturated carbocycles. The third-order valence-corrected chi connectivity index (χ3v) is 5.51. The third kappa shape index (κ3) is 3.94. The topological polar surface area (TPSA) is 125 Å². The number of aromatic nitrogens is 2. The molecule has 9 heteroatoms. The van der Waals surface area contributed by atoms with E-state index in [1.54, 1.807) is 20.3 Å².